The molecule has 0 aliphatic rings. The van der Waals surface area contributed by atoms with Crippen LogP contribution in [0, 0.1) is 0 Å². The Morgan fingerprint density at radius 3 is 2.29 bits per heavy atom. The van der Waals surface area contributed by atoms with E-state index in [2.05, 4.69) is 9.98 Å². The lowest BCUT2D eigenvalue weighted by molar-refractivity contribution is 0.324. The summed E-state index contributed by atoms with van der Waals surface area (Å²) in [6.45, 7) is 1.94. The number of hydrogen-bond donors (Lipinski definition) is 0. The van der Waals surface area contributed by atoms with Gasteiger partial charge in [0.25, 0.3) is 0 Å². The van der Waals surface area contributed by atoms with Crippen molar-refractivity contribution in [2.45, 2.75) is 6.92 Å². The maximum absolute atomic E-state index is 5.38. The third kappa shape index (κ3) is 4.40. The number of methoxy groups -OCH3 is 3. The van der Waals surface area contributed by atoms with Gasteiger partial charge in [-0.05, 0) is 42.8 Å². The van der Waals surface area contributed by atoms with Crippen molar-refractivity contribution < 1.29 is 18.6 Å². The molecule has 0 atom stereocenters. The second kappa shape index (κ2) is 8.90. The molecular weight excluding hydrogens is 356 g/mol. The van der Waals surface area contributed by atoms with Crippen molar-refractivity contribution in [2.75, 3.05) is 21.3 Å². The molecule has 0 aliphatic carbocycles. The minimum atomic E-state index is 0.550. The van der Waals surface area contributed by atoms with E-state index in [9.17, 15) is 0 Å². The molecule has 0 aliphatic heterocycles. The van der Waals surface area contributed by atoms with Gasteiger partial charge in [0.15, 0.2) is 11.5 Å². The van der Waals surface area contributed by atoms with Gasteiger partial charge in [0.05, 0.1) is 33.3 Å². The van der Waals surface area contributed by atoms with E-state index >= 15 is 0 Å². The van der Waals surface area contributed by atoms with Gasteiger partial charge in [0, 0.05) is 23.6 Å². The van der Waals surface area contributed by atoms with Gasteiger partial charge < -0.3 is 18.6 Å². The quantitative estimate of drug-likeness (QED) is 0.530. The summed E-state index contributed by atoms with van der Waals surface area (Å²) in [7, 11) is 4.75. The Morgan fingerprint density at radius 1 is 0.929 bits per heavy atom. The number of nitrogens with zero attached hydrogens (tertiary/aromatic N) is 2. The molecule has 0 saturated heterocycles. The fourth-order valence-electron chi connectivity index (χ4n) is 2.70. The first-order valence-electron chi connectivity index (χ1n) is 8.68. The topological polar surface area (TPSA) is 65.6 Å². The van der Waals surface area contributed by atoms with Crippen molar-refractivity contribution in [1.29, 1.82) is 0 Å². The van der Waals surface area contributed by atoms with E-state index in [1.807, 2.05) is 55.5 Å². The fraction of sp³-hybridized carbons (Fsp3) is 0.182. The molecule has 2 aromatic carbocycles. The molecule has 0 amide bonds. The van der Waals surface area contributed by atoms with Crippen LogP contribution in [0.3, 0.4) is 0 Å². The Labute approximate surface area is 164 Å². The molecule has 0 N–H and O–H groups in total. The highest BCUT2D eigenvalue weighted by Crippen LogP contribution is 2.37. The molecule has 28 heavy (non-hydrogen) atoms. The van der Waals surface area contributed by atoms with Gasteiger partial charge in [-0.15, -0.1) is 0 Å². The third-order valence-electron chi connectivity index (χ3n) is 4.10. The second-order valence-electron chi connectivity index (χ2n) is 5.92. The Hall–Kier alpha value is -3.54. The van der Waals surface area contributed by atoms with Gasteiger partial charge >= 0.3 is 0 Å². The number of aliphatic imine (C=N–C) groups is 2. The summed E-state index contributed by atoms with van der Waals surface area (Å²) in [5.74, 6) is 2.29. The van der Waals surface area contributed by atoms with Gasteiger partial charge in [0.2, 0.25) is 11.6 Å². The van der Waals surface area contributed by atoms with Crippen molar-refractivity contribution in [3.05, 3.63) is 65.9 Å². The van der Waals surface area contributed by atoms with Crippen LogP contribution in [-0.4, -0.2) is 33.3 Å². The Balaban J connectivity index is 1.87. The lowest BCUT2D eigenvalue weighted by atomic mass is 10.1. The van der Waals surface area contributed by atoms with Crippen molar-refractivity contribution in [2.24, 2.45) is 9.98 Å². The molecule has 3 rings (SSSR count). The molecule has 3 aromatic rings. The first kappa shape index (κ1) is 19.2. The second-order valence-corrected chi connectivity index (χ2v) is 5.92. The van der Waals surface area contributed by atoms with Crippen LogP contribution in [0.5, 0.6) is 17.2 Å². The predicted octanol–water partition coefficient (Wildman–Crippen LogP) is 5.20. The third-order valence-corrected chi connectivity index (χ3v) is 4.10. The van der Waals surface area contributed by atoms with Gasteiger partial charge in [-0.3, -0.25) is 4.99 Å². The summed E-state index contributed by atoms with van der Waals surface area (Å²) in [6, 6.07) is 15.1. The molecule has 6 nitrogen and oxygen atoms in total. The molecular formula is C22H22N2O4. The van der Waals surface area contributed by atoms with E-state index in [0.29, 0.717) is 23.1 Å². The van der Waals surface area contributed by atoms with E-state index < -0.39 is 0 Å². The molecule has 0 radical (unpaired) electrons. The van der Waals surface area contributed by atoms with Crippen LogP contribution in [0.25, 0.3) is 0 Å². The average Bonchev–Trinajstić information content (AvgIpc) is 3.24. The lowest BCUT2D eigenvalue weighted by Gasteiger charge is -2.12. The number of benzene rings is 2. The van der Waals surface area contributed by atoms with Crippen LogP contribution in [0.15, 0.2) is 69.2 Å². The van der Waals surface area contributed by atoms with Crippen molar-refractivity contribution in [3.8, 4) is 17.2 Å². The summed E-state index contributed by atoms with van der Waals surface area (Å²) in [5, 5.41) is 0. The largest absolute Gasteiger partial charge is 0.493 e. The van der Waals surface area contributed by atoms with Gasteiger partial charge in [-0.1, -0.05) is 12.1 Å². The van der Waals surface area contributed by atoms with Crippen LogP contribution >= 0.6 is 0 Å². The maximum Gasteiger partial charge on any atom is 0.218 e. The van der Waals surface area contributed by atoms with E-state index in [1.165, 1.54) is 0 Å². The highest BCUT2D eigenvalue weighted by molar-refractivity contribution is 6.00. The van der Waals surface area contributed by atoms with Gasteiger partial charge in [0.1, 0.15) is 0 Å². The number of rotatable bonds is 7. The SMILES string of the molecule is COc1cc(C=Nc2cccc(/C(C)=N\c3ccco3)c2)cc(OC)c1OC. The first-order valence-corrected chi connectivity index (χ1v) is 8.68. The van der Waals surface area contributed by atoms with Gasteiger partial charge in [-0.25, -0.2) is 4.99 Å². The van der Waals surface area contributed by atoms with Crippen molar-refractivity contribution in [1.82, 2.24) is 0 Å². The van der Waals surface area contributed by atoms with E-state index in [1.54, 1.807) is 33.8 Å². The zero-order valence-corrected chi connectivity index (χ0v) is 16.3. The molecule has 1 aromatic heterocycles. The average molecular weight is 378 g/mol. The number of hydrogen-bond acceptors (Lipinski definition) is 6. The number of ether oxygens (including phenoxy) is 3. The molecule has 0 spiro atoms. The van der Waals surface area contributed by atoms with Crippen LogP contribution in [0.1, 0.15) is 18.1 Å². The Kier molecular flexibility index (Phi) is 6.11. The predicted molar refractivity (Wildman–Crippen MR) is 110 cm³/mol. The number of furan rings is 1. The summed E-state index contributed by atoms with van der Waals surface area (Å²) in [5.41, 5.74) is 3.46. The van der Waals surface area contributed by atoms with E-state index in [-0.39, 0.29) is 0 Å². The van der Waals surface area contributed by atoms with Crippen LogP contribution in [0.2, 0.25) is 0 Å². The monoisotopic (exact) mass is 378 g/mol. The van der Waals surface area contributed by atoms with E-state index in [4.69, 9.17) is 18.6 Å². The molecule has 1 heterocycles. The minimum Gasteiger partial charge on any atom is -0.493 e. The molecule has 0 saturated carbocycles. The summed E-state index contributed by atoms with van der Waals surface area (Å²) < 4.78 is 21.4. The standard InChI is InChI=1S/C22H22N2O4/c1-15(24-21-9-6-10-28-21)17-7-5-8-18(13-17)23-14-16-11-19(25-2)22(27-4)20(12-16)26-3/h5-14H,1-4H3/b23-14?,24-15-. The summed E-state index contributed by atoms with van der Waals surface area (Å²) in [4.78, 5) is 9.03. The molecule has 0 fully saturated rings. The summed E-state index contributed by atoms with van der Waals surface area (Å²) in [6.07, 6.45) is 3.35. The molecule has 144 valence electrons. The zero-order valence-electron chi connectivity index (χ0n) is 16.3. The Morgan fingerprint density at radius 2 is 1.68 bits per heavy atom. The lowest BCUT2D eigenvalue weighted by Crippen LogP contribution is -1.96. The van der Waals surface area contributed by atoms with Crippen molar-refractivity contribution in [3.63, 3.8) is 0 Å². The van der Waals surface area contributed by atoms with Gasteiger partial charge in [-0.2, -0.15) is 0 Å². The highest BCUT2D eigenvalue weighted by atomic mass is 16.5. The molecule has 0 unspecified atom stereocenters. The fourth-order valence-corrected chi connectivity index (χ4v) is 2.70. The zero-order chi connectivity index (χ0) is 19.9. The normalized spacial score (nSPS) is 11.6. The molecule has 6 heteroatoms. The van der Waals surface area contributed by atoms with E-state index in [0.717, 1.165) is 22.5 Å². The minimum absolute atomic E-state index is 0.550. The summed E-state index contributed by atoms with van der Waals surface area (Å²) >= 11 is 0. The van der Waals surface area contributed by atoms with Crippen LogP contribution < -0.4 is 14.2 Å². The molecule has 0 bridgehead atoms. The first-order chi connectivity index (χ1) is 13.6. The Bertz CT molecular complexity index is 967. The van der Waals surface area contributed by atoms with Crippen LogP contribution in [0.4, 0.5) is 11.6 Å². The van der Waals surface area contributed by atoms with Crippen molar-refractivity contribution >= 4 is 23.5 Å². The maximum atomic E-state index is 5.38. The smallest absolute Gasteiger partial charge is 0.218 e. The highest BCUT2D eigenvalue weighted by Gasteiger charge is 2.12. The van der Waals surface area contributed by atoms with Crippen LogP contribution in [-0.2, 0) is 0 Å².